The van der Waals surface area contributed by atoms with Crippen molar-refractivity contribution < 1.29 is 19.1 Å². The second-order valence-corrected chi connectivity index (χ2v) is 7.41. The van der Waals surface area contributed by atoms with Crippen LogP contribution < -0.4 is 25.4 Å². The number of nitrogens with one attached hydrogen (secondary N) is 3. The predicted molar refractivity (Wildman–Crippen MR) is 116 cm³/mol. The highest BCUT2D eigenvalue weighted by atomic mass is 16.5. The first-order valence-corrected chi connectivity index (χ1v) is 9.75. The van der Waals surface area contributed by atoms with Gasteiger partial charge in [0.1, 0.15) is 11.5 Å². The van der Waals surface area contributed by atoms with Crippen LogP contribution in [0.4, 0.5) is 10.5 Å². The summed E-state index contributed by atoms with van der Waals surface area (Å²) in [6, 6.07) is 12.2. The van der Waals surface area contributed by atoms with Crippen LogP contribution in [-0.4, -0.2) is 26.2 Å². The molecule has 1 atom stereocenters. The molecule has 0 saturated carbocycles. The van der Waals surface area contributed by atoms with Crippen LogP contribution >= 0.6 is 0 Å². The first-order valence-electron chi connectivity index (χ1n) is 9.75. The minimum Gasteiger partial charge on any atom is -0.497 e. The van der Waals surface area contributed by atoms with Crippen LogP contribution in [0.5, 0.6) is 11.5 Å². The molecule has 0 saturated heterocycles. The molecule has 0 bridgehead atoms. The molecule has 3 N–H and O–H groups in total. The lowest BCUT2D eigenvalue weighted by Crippen LogP contribution is -2.46. The number of methoxy groups -OCH3 is 2. The lowest BCUT2D eigenvalue weighted by molar-refractivity contribution is -0.113. The molecule has 0 aromatic heterocycles. The lowest BCUT2D eigenvalue weighted by atomic mass is 9.92. The Hall–Kier alpha value is -3.48. The number of hydrogen-bond acceptors (Lipinski definition) is 4. The van der Waals surface area contributed by atoms with Crippen LogP contribution in [0.15, 0.2) is 53.7 Å². The van der Waals surface area contributed by atoms with Gasteiger partial charge in [0.25, 0.3) is 5.91 Å². The van der Waals surface area contributed by atoms with Crippen LogP contribution in [0, 0.1) is 0 Å². The second kappa shape index (κ2) is 8.90. The Morgan fingerprint density at radius 1 is 1.07 bits per heavy atom. The maximum atomic E-state index is 13.2. The molecule has 0 aliphatic carbocycles. The normalized spacial score (nSPS) is 16.1. The van der Waals surface area contributed by atoms with E-state index in [4.69, 9.17) is 9.47 Å². The first kappa shape index (κ1) is 21.2. The third kappa shape index (κ3) is 4.40. The van der Waals surface area contributed by atoms with Gasteiger partial charge in [0.2, 0.25) is 0 Å². The summed E-state index contributed by atoms with van der Waals surface area (Å²) in [5.74, 6) is 1.16. The van der Waals surface area contributed by atoms with Gasteiger partial charge in [-0.3, -0.25) is 4.79 Å². The van der Waals surface area contributed by atoms with E-state index in [1.165, 1.54) is 12.7 Å². The van der Waals surface area contributed by atoms with E-state index in [1.807, 2.05) is 24.3 Å². The van der Waals surface area contributed by atoms with E-state index in [0.29, 0.717) is 34.4 Å². The number of carbonyl (C=O) groups excluding carboxylic acids is 2. The molecule has 0 unspecified atom stereocenters. The van der Waals surface area contributed by atoms with Gasteiger partial charge in [-0.2, -0.15) is 0 Å². The Kier molecular flexibility index (Phi) is 6.30. The quantitative estimate of drug-likeness (QED) is 0.670. The van der Waals surface area contributed by atoms with Gasteiger partial charge in [0.15, 0.2) is 0 Å². The summed E-state index contributed by atoms with van der Waals surface area (Å²) < 4.78 is 10.6. The largest absolute Gasteiger partial charge is 0.497 e. The number of allylic oxidation sites excluding steroid dienone is 1. The van der Waals surface area contributed by atoms with Gasteiger partial charge in [-0.05, 0) is 36.1 Å². The molecular weight excluding hydrogens is 382 g/mol. The van der Waals surface area contributed by atoms with Gasteiger partial charge in [0.05, 0.1) is 31.5 Å². The maximum Gasteiger partial charge on any atom is 0.319 e. The van der Waals surface area contributed by atoms with Crippen molar-refractivity contribution in [3.63, 3.8) is 0 Å². The van der Waals surface area contributed by atoms with Crippen LogP contribution in [0.3, 0.4) is 0 Å². The van der Waals surface area contributed by atoms with Crippen molar-refractivity contribution >= 4 is 17.6 Å². The molecule has 0 fully saturated rings. The van der Waals surface area contributed by atoms with E-state index >= 15 is 0 Å². The van der Waals surface area contributed by atoms with Crippen molar-refractivity contribution in [2.24, 2.45) is 0 Å². The molecule has 3 rings (SSSR count). The number of anilines is 1. The van der Waals surface area contributed by atoms with Crippen LogP contribution in [0.1, 0.15) is 43.9 Å². The van der Waals surface area contributed by atoms with E-state index in [9.17, 15) is 9.59 Å². The van der Waals surface area contributed by atoms with Gasteiger partial charge in [-0.1, -0.05) is 38.1 Å². The third-order valence-corrected chi connectivity index (χ3v) is 5.11. The van der Waals surface area contributed by atoms with Gasteiger partial charge in [0, 0.05) is 11.8 Å². The Labute approximate surface area is 176 Å². The molecule has 7 heteroatoms. The van der Waals surface area contributed by atoms with Crippen LogP contribution in [-0.2, 0) is 4.79 Å². The SMILES string of the molecule is COc1ccc(NC(=O)C2=C(C)NC(=O)N[C@@H]2c2ccc(C(C)C)cc2)c(OC)c1. The average molecular weight is 409 g/mol. The molecule has 1 aliphatic rings. The van der Waals surface area contributed by atoms with Crippen molar-refractivity contribution in [3.05, 3.63) is 64.9 Å². The highest BCUT2D eigenvalue weighted by Crippen LogP contribution is 2.32. The minimum absolute atomic E-state index is 0.332. The first-order chi connectivity index (χ1) is 14.3. The molecule has 158 valence electrons. The zero-order valence-electron chi connectivity index (χ0n) is 17.8. The monoisotopic (exact) mass is 409 g/mol. The van der Waals surface area contributed by atoms with E-state index in [1.54, 1.807) is 32.2 Å². The number of carbonyl (C=O) groups is 2. The van der Waals surface area contributed by atoms with E-state index in [-0.39, 0.29) is 11.9 Å². The Bertz CT molecular complexity index is 980. The number of amides is 3. The molecule has 1 aliphatic heterocycles. The molecule has 7 nitrogen and oxygen atoms in total. The molecule has 0 radical (unpaired) electrons. The lowest BCUT2D eigenvalue weighted by Gasteiger charge is -2.29. The van der Waals surface area contributed by atoms with Gasteiger partial charge >= 0.3 is 6.03 Å². The van der Waals surface area contributed by atoms with E-state index in [0.717, 1.165) is 5.56 Å². The minimum atomic E-state index is -0.566. The van der Waals surface area contributed by atoms with Crippen LogP contribution in [0.2, 0.25) is 0 Å². The van der Waals surface area contributed by atoms with E-state index < -0.39 is 6.04 Å². The number of hydrogen-bond donors (Lipinski definition) is 3. The fraction of sp³-hybridized carbons (Fsp3) is 0.304. The van der Waals surface area contributed by atoms with Gasteiger partial charge in [-0.25, -0.2) is 4.79 Å². The maximum absolute atomic E-state index is 13.2. The highest BCUT2D eigenvalue weighted by molar-refractivity contribution is 6.07. The summed E-state index contributed by atoms with van der Waals surface area (Å²) in [5, 5.41) is 8.43. The summed E-state index contributed by atoms with van der Waals surface area (Å²) in [6.45, 7) is 5.95. The fourth-order valence-corrected chi connectivity index (χ4v) is 3.41. The predicted octanol–water partition coefficient (Wildman–Crippen LogP) is 4.09. The van der Waals surface area contributed by atoms with Crippen molar-refractivity contribution in [1.29, 1.82) is 0 Å². The number of rotatable bonds is 6. The molecule has 0 spiro atoms. The number of urea groups is 1. The summed E-state index contributed by atoms with van der Waals surface area (Å²) in [4.78, 5) is 25.3. The molecular formula is C23H27N3O4. The zero-order valence-corrected chi connectivity index (χ0v) is 17.8. The third-order valence-electron chi connectivity index (χ3n) is 5.11. The van der Waals surface area contributed by atoms with Crippen molar-refractivity contribution in [1.82, 2.24) is 10.6 Å². The fourth-order valence-electron chi connectivity index (χ4n) is 3.41. The summed E-state index contributed by atoms with van der Waals surface area (Å²) in [6.07, 6.45) is 0. The Balaban J connectivity index is 1.93. The highest BCUT2D eigenvalue weighted by Gasteiger charge is 2.31. The van der Waals surface area contributed by atoms with Crippen molar-refractivity contribution in [2.75, 3.05) is 19.5 Å². The zero-order chi connectivity index (χ0) is 21.8. The van der Waals surface area contributed by atoms with Gasteiger partial charge in [-0.15, -0.1) is 0 Å². The Morgan fingerprint density at radius 2 is 1.77 bits per heavy atom. The molecule has 2 aromatic carbocycles. The summed E-state index contributed by atoms with van der Waals surface area (Å²) in [7, 11) is 3.09. The van der Waals surface area contributed by atoms with Crippen LogP contribution in [0.25, 0.3) is 0 Å². The van der Waals surface area contributed by atoms with E-state index in [2.05, 4.69) is 29.8 Å². The average Bonchev–Trinajstić information content (AvgIpc) is 2.73. The topological polar surface area (TPSA) is 88.7 Å². The second-order valence-electron chi connectivity index (χ2n) is 7.41. The van der Waals surface area contributed by atoms with Crippen molar-refractivity contribution in [3.8, 4) is 11.5 Å². The molecule has 30 heavy (non-hydrogen) atoms. The number of benzene rings is 2. The van der Waals surface area contributed by atoms with Gasteiger partial charge < -0.3 is 25.4 Å². The molecule has 2 aromatic rings. The molecule has 1 heterocycles. The smallest absolute Gasteiger partial charge is 0.319 e. The Morgan fingerprint density at radius 3 is 2.37 bits per heavy atom. The van der Waals surface area contributed by atoms with Crippen molar-refractivity contribution in [2.45, 2.75) is 32.7 Å². The summed E-state index contributed by atoms with van der Waals surface area (Å²) in [5.41, 5.74) is 3.47. The summed E-state index contributed by atoms with van der Waals surface area (Å²) >= 11 is 0. The molecule has 3 amide bonds. The number of ether oxygens (including phenoxy) is 2. The standard InChI is InChI=1S/C23H27N3O4/c1-13(2)15-6-8-16(9-7-15)21-20(14(3)24-23(28)26-21)22(27)25-18-11-10-17(29-4)12-19(18)30-5/h6-13,21H,1-5H3,(H,25,27)(H2,24,26,28)/t21-/m1/s1.